The second-order valence-electron chi connectivity index (χ2n) is 5.77. The van der Waals surface area contributed by atoms with Crippen LogP contribution in [0.1, 0.15) is 10.4 Å². The standard InChI is InChI=1S/C20H14Cl2F2N2O3/c1-28-14-5-2-11(3-6-14)15-9-13(4-7-17(15)29-20(23)24)26-19(27)12-8-16(21)18(22)25-10-12/h2-10,20H,1H3,(H,26,27). The molecular formula is C20H14Cl2F2N2O3. The van der Waals surface area contributed by atoms with Crippen molar-refractivity contribution in [3.05, 3.63) is 70.5 Å². The average molecular weight is 439 g/mol. The Kier molecular flexibility index (Phi) is 6.51. The van der Waals surface area contributed by atoms with Crippen molar-refractivity contribution >= 4 is 34.8 Å². The Morgan fingerprint density at radius 2 is 1.83 bits per heavy atom. The monoisotopic (exact) mass is 438 g/mol. The highest BCUT2D eigenvalue weighted by molar-refractivity contribution is 6.41. The predicted molar refractivity (Wildman–Crippen MR) is 107 cm³/mol. The number of halogens is 4. The van der Waals surface area contributed by atoms with Crippen LogP contribution < -0.4 is 14.8 Å². The lowest BCUT2D eigenvalue weighted by Gasteiger charge is -2.14. The van der Waals surface area contributed by atoms with Gasteiger partial charge in [-0.2, -0.15) is 8.78 Å². The van der Waals surface area contributed by atoms with Crippen LogP contribution in [0.15, 0.2) is 54.7 Å². The number of hydrogen-bond acceptors (Lipinski definition) is 4. The van der Waals surface area contributed by atoms with Crippen molar-refractivity contribution in [2.75, 3.05) is 12.4 Å². The van der Waals surface area contributed by atoms with Crippen LogP contribution in [0, 0.1) is 0 Å². The lowest BCUT2D eigenvalue weighted by molar-refractivity contribution is -0.0494. The molecule has 1 amide bonds. The number of hydrogen-bond donors (Lipinski definition) is 1. The number of carbonyl (C=O) groups is 1. The summed E-state index contributed by atoms with van der Waals surface area (Å²) in [5.41, 5.74) is 1.54. The maximum atomic E-state index is 12.8. The van der Waals surface area contributed by atoms with Crippen molar-refractivity contribution in [1.29, 1.82) is 0 Å². The van der Waals surface area contributed by atoms with Gasteiger partial charge in [0.05, 0.1) is 17.7 Å². The highest BCUT2D eigenvalue weighted by Gasteiger charge is 2.15. The van der Waals surface area contributed by atoms with Gasteiger partial charge in [0.15, 0.2) is 0 Å². The zero-order valence-electron chi connectivity index (χ0n) is 15.0. The number of anilines is 1. The molecule has 0 spiro atoms. The van der Waals surface area contributed by atoms with Gasteiger partial charge in [-0.3, -0.25) is 4.79 Å². The summed E-state index contributed by atoms with van der Waals surface area (Å²) in [6.45, 7) is -2.99. The number of nitrogens with zero attached hydrogens (tertiary/aromatic N) is 1. The van der Waals surface area contributed by atoms with Gasteiger partial charge in [0.25, 0.3) is 5.91 Å². The Morgan fingerprint density at radius 1 is 1.10 bits per heavy atom. The molecule has 5 nitrogen and oxygen atoms in total. The van der Waals surface area contributed by atoms with Crippen LogP contribution >= 0.6 is 23.2 Å². The molecule has 0 radical (unpaired) electrons. The SMILES string of the molecule is COc1ccc(-c2cc(NC(=O)c3cnc(Cl)c(Cl)c3)ccc2OC(F)F)cc1. The fraction of sp³-hybridized carbons (Fsp3) is 0.100. The van der Waals surface area contributed by atoms with Crippen molar-refractivity contribution in [2.24, 2.45) is 0 Å². The van der Waals surface area contributed by atoms with Gasteiger partial charge >= 0.3 is 6.61 Å². The molecule has 0 aliphatic heterocycles. The third-order valence-corrected chi connectivity index (χ3v) is 4.60. The van der Waals surface area contributed by atoms with Gasteiger partial charge < -0.3 is 14.8 Å². The molecule has 0 unspecified atom stereocenters. The van der Waals surface area contributed by atoms with Crippen molar-refractivity contribution in [3.63, 3.8) is 0 Å². The van der Waals surface area contributed by atoms with Gasteiger partial charge in [-0.1, -0.05) is 35.3 Å². The Hall–Kier alpha value is -2.90. The number of benzene rings is 2. The van der Waals surface area contributed by atoms with Gasteiger partial charge in [-0.15, -0.1) is 0 Å². The summed E-state index contributed by atoms with van der Waals surface area (Å²) in [6, 6.07) is 12.5. The van der Waals surface area contributed by atoms with Crippen LogP contribution in [0.3, 0.4) is 0 Å². The second-order valence-corrected chi connectivity index (χ2v) is 6.53. The molecule has 0 saturated carbocycles. The fourth-order valence-corrected chi connectivity index (χ4v) is 2.82. The summed E-state index contributed by atoms with van der Waals surface area (Å²) >= 11 is 11.6. The van der Waals surface area contributed by atoms with Gasteiger partial charge in [0.2, 0.25) is 0 Å². The lowest BCUT2D eigenvalue weighted by Crippen LogP contribution is -2.12. The minimum Gasteiger partial charge on any atom is -0.497 e. The molecule has 3 aromatic rings. The lowest BCUT2D eigenvalue weighted by atomic mass is 10.0. The molecule has 150 valence electrons. The van der Waals surface area contributed by atoms with E-state index in [2.05, 4.69) is 15.0 Å². The highest BCUT2D eigenvalue weighted by atomic mass is 35.5. The first-order valence-corrected chi connectivity index (χ1v) is 8.98. The van der Waals surface area contributed by atoms with Crippen LogP contribution in [0.5, 0.6) is 11.5 Å². The minimum atomic E-state index is -2.99. The first-order valence-electron chi connectivity index (χ1n) is 8.23. The maximum Gasteiger partial charge on any atom is 0.387 e. The third-order valence-electron chi connectivity index (χ3n) is 3.91. The Morgan fingerprint density at radius 3 is 2.45 bits per heavy atom. The molecule has 0 atom stereocenters. The van der Waals surface area contributed by atoms with Crippen molar-refractivity contribution in [3.8, 4) is 22.6 Å². The van der Waals surface area contributed by atoms with Crippen molar-refractivity contribution in [1.82, 2.24) is 4.98 Å². The number of carbonyl (C=O) groups excluding carboxylic acids is 1. The summed E-state index contributed by atoms with van der Waals surface area (Å²) in [4.78, 5) is 16.3. The topological polar surface area (TPSA) is 60.5 Å². The molecule has 0 saturated heterocycles. The molecule has 29 heavy (non-hydrogen) atoms. The number of rotatable bonds is 6. The second kappa shape index (κ2) is 9.07. The van der Waals surface area contributed by atoms with E-state index >= 15 is 0 Å². The number of aromatic nitrogens is 1. The predicted octanol–water partition coefficient (Wildman–Crippen LogP) is 5.92. The highest BCUT2D eigenvalue weighted by Crippen LogP contribution is 2.35. The van der Waals surface area contributed by atoms with E-state index < -0.39 is 12.5 Å². The molecule has 1 aromatic heterocycles. The molecule has 1 N–H and O–H groups in total. The molecular weight excluding hydrogens is 425 g/mol. The summed E-state index contributed by atoms with van der Waals surface area (Å²) in [7, 11) is 1.52. The number of methoxy groups -OCH3 is 1. The van der Waals surface area contributed by atoms with E-state index in [-0.39, 0.29) is 21.5 Å². The maximum absolute atomic E-state index is 12.8. The first kappa shape index (κ1) is 20.8. The Labute approximate surface area is 175 Å². The molecule has 3 rings (SSSR count). The Balaban J connectivity index is 1.93. The van der Waals surface area contributed by atoms with Crippen LogP contribution in [0.25, 0.3) is 11.1 Å². The van der Waals surface area contributed by atoms with E-state index in [1.54, 1.807) is 24.3 Å². The molecule has 1 heterocycles. The summed E-state index contributed by atoms with van der Waals surface area (Å²) in [5, 5.41) is 2.89. The van der Waals surface area contributed by atoms with Gasteiger partial charge in [0, 0.05) is 17.4 Å². The van der Waals surface area contributed by atoms with E-state index in [0.29, 0.717) is 22.6 Å². The smallest absolute Gasteiger partial charge is 0.387 e. The number of nitrogens with one attached hydrogen (secondary N) is 1. The first-order chi connectivity index (χ1) is 13.9. The number of pyridine rings is 1. The summed E-state index contributed by atoms with van der Waals surface area (Å²) in [5.74, 6) is 0.0975. The van der Waals surface area contributed by atoms with E-state index in [0.717, 1.165) is 0 Å². The molecule has 0 aliphatic carbocycles. The zero-order valence-corrected chi connectivity index (χ0v) is 16.5. The van der Waals surface area contributed by atoms with Gasteiger partial charge in [0.1, 0.15) is 16.7 Å². The van der Waals surface area contributed by atoms with Crippen molar-refractivity contribution < 1.29 is 23.0 Å². The van der Waals surface area contributed by atoms with E-state index in [4.69, 9.17) is 27.9 Å². The molecule has 2 aromatic carbocycles. The zero-order chi connectivity index (χ0) is 21.0. The van der Waals surface area contributed by atoms with E-state index in [9.17, 15) is 13.6 Å². The van der Waals surface area contributed by atoms with E-state index in [1.165, 1.54) is 37.6 Å². The largest absolute Gasteiger partial charge is 0.497 e. The van der Waals surface area contributed by atoms with Gasteiger partial charge in [-0.25, -0.2) is 4.98 Å². The third kappa shape index (κ3) is 5.13. The van der Waals surface area contributed by atoms with Crippen LogP contribution in [0.2, 0.25) is 10.2 Å². The quantitative estimate of drug-likeness (QED) is 0.485. The van der Waals surface area contributed by atoms with Crippen LogP contribution in [-0.4, -0.2) is 24.6 Å². The Bertz CT molecular complexity index is 1030. The minimum absolute atomic E-state index is 0.0284. The van der Waals surface area contributed by atoms with E-state index in [1.807, 2.05) is 0 Å². The number of amides is 1. The normalized spacial score (nSPS) is 10.7. The molecule has 0 aliphatic rings. The average Bonchev–Trinajstić information content (AvgIpc) is 2.71. The fourth-order valence-electron chi connectivity index (χ4n) is 2.55. The van der Waals surface area contributed by atoms with Gasteiger partial charge in [-0.05, 0) is 42.0 Å². The van der Waals surface area contributed by atoms with Crippen molar-refractivity contribution in [2.45, 2.75) is 6.61 Å². The van der Waals surface area contributed by atoms with Crippen LogP contribution in [-0.2, 0) is 0 Å². The number of ether oxygens (including phenoxy) is 2. The molecule has 0 fully saturated rings. The summed E-state index contributed by atoms with van der Waals surface area (Å²) in [6.07, 6.45) is 1.28. The molecule has 9 heteroatoms. The van der Waals surface area contributed by atoms with Crippen LogP contribution in [0.4, 0.5) is 14.5 Å². The molecule has 0 bridgehead atoms. The number of alkyl halides is 2. The summed E-state index contributed by atoms with van der Waals surface area (Å²) < 4.78 is 35.3.